The molecule has 0 aromatic heterocycles. The van der Waals surface area contributed by atoms with Crippen LogP contribution in [-0.4, -0.2) is 40.1 Å². The Morgan fingerprint density at radius 3 is 2.35 bits per heavy atom. The zero-order valence-electron chi connectivity index (χ0n) is 21.8. The highest BCUT2D eigenvalue weighted by atomic mass is 19.3. The summed E-state index contributed by atoms with van der Waals surface area (Å²) < 4.78 is 47.7. The van der Waals surface area contributed by atoms with Gasteiger partial charge in [-0.25, -0.2) is 13.2 Å². The highest BCUT2D eigenvalue weighted by Crippen LogP contribution is 2.43. The maximum Gasteiger partial charge on any atom is 0.306 e. The Balaban J connectivity index is 1.33. The highest BCUT2D eigenvalue weighted by Gasteiger charge is 2.43. The van der Waals surface area contributed by atoms with Crippen molar-refractivity contribution in [2.75, 3.05) is 0 Å². The number of halogens is 3. The molecular formula is C30H38F3NO3. The monoisotopic (exact) mass is 517 g/mol. The number of carbonyl (C=O) groups is 1. The van der Waals surface area contributed by atoms with E-state index in [9.17, 15) is 23.1 Å². The summed E-state index contributed by atoms with van der Waals surface area (Å²) in [6, 6.07) is 10.6. The summed E-state index contributed by atoms with van der Waals surface area (Å²) in [4.78, 5) is 14.2. The molecule has 37 heavy (non-hydrogen) atoms. The van der Waals surface area contributed by atoms with E-state index in [1.54, 1.807) is 0 Å². The summed E-state index contributed by atoms with van der Waals surface area (Å²) in [6.45, 7) is 2.52. The Kier molecular flexibility index (Phi) is 7.45. The van der Waals surface area contributed by atoms with Gasteiger partial charge in [-0.05, 0) is 93.7 Å². The molecule has 0 spiro atoms. The van der Waals surface area contributed by atoms with Crippen molar-refractivity contribution in [3.8, 4) is 5.75 Å². The normalized spacial score (nSPS) is 29.7. The predicted molar refractivity (Wildman–Crippen MR) is 138 cm³/mol. The highest BCUT2D eigenvalue weighted by molar-refractivity contribution is 5.88. The van der Waals surface area contributed by atoms with E-state index in [1.807, 2.05) is 18.2 Å². The molecule has 2 saturated heterocycles. The van der Waals surface area contributed by atoms with Crippen molar-refractivity contribution in [3.05, 3.63) is 41.5 Å². The largest absolute Gasteiger partial charge is 0.490 e. The first-order valence-electron chi connectivity index (χ1n) is 13.8. The summed E-state index contributed by atoms with van der Waals surface area (Å²) in [5.41, 5.74) is 1.66. The molecule has 2 aliphatic heterocycles. The molecule has 202 valence electrons. The van der Waals surface area contributed by atoms with Gasteiger partial charge in [0.2, 0.25) is 5.92 Å². The molecule has 3 fully saturated rings. The number of carboxylic acid groups (broad SMARTS) is 1. The van der Waals surface area contributed by atoms with Gasteiger partial charge in [-0.1, -0.05) is 24.6 Å². The summed E-state index contributed by atoms with van der Waals surface area (Å²) in [5.74, 6) is -3.71. The van der Waals surface area contributed by atoms with Crippen LogP contribution in [0, 0.1) is 11.8 Å². The summed E-state index contributed by atoms with van der Waals surface area (Å²) in [5, 5.41) is 11.3. The molecule has 0 radical (unpaired) electrons. The first-order valence-corrected chi connectivity index (χ1v) is 13.8. The minimum Gasteiger partial charge on any atom is -0.490 e. The fourth-order valence-electron chi connectivity index (χ4n) is 7.19. The van der Waals surface area contributed by atoms with Crippen LogP contribution in [0.1, 0.15) is 88.8 Å². The van der Waals surface area contributed by atoms with Gasteiger partial charge in [-0.2, -0.15) is 0 Å². The molecule has 2 aromatic carbocycles. The minimum atomic E-state index is -2.67. The Hall–Kier alpha value is -2.28. The first-order chi connectivity index (χ1) is 17.7. The molecule has 7 heteroatoms. The second kappa shape index (κ2) is 10.5. The Bertz CT molecular complexity index is 1110. The van der Waals surface area contributed by atoms with Crippen LogP contribution in [0.15, 0.2) is 30.3 Å². The van der Waals surface area contributed by atoms with Crippen LogP contribution in [0.2, 0.25) is 0 Å². The van der Waals surface area contributed by atoms with E-state index >= 15 is 0 Å². The number of hydrogen-bond donors (Lipinski definition) is 1. The molecule has 2 heterocycles. The van der Waals surface area contributed by atoms with Gasteiger partial charge in [-0.15, -0.1) is 0 Å². The van der Waals surface area contributed by atoms with E-state index in [0.717, 1.165) is 42.5 Å². The van der Waals surface area contributed by atoms with Gasteiger partial charge < -0.3 is 9.84 Å². The van der Waals surface area contributed by atoms with Crippen LogP contribution in [0.4, 0.5) is 13.2 Å². The number of benzene rings is 2. The van der Waals surface area contributed by atoms with E-state index in [2.05, 4.69) is 24.0 Å². The third kappa shape index (κ3) is 5.34. The SMILES string of the molecule is CC(c1ccc2c(CF)c(O[C@H]3CC[C@@H](C(C)(F)F)CC3)ccc2c1)N1C2CCCC1CC(C(=O)O)C2. The molecule has 1 aliphatic carbocycles. The molecular weight excluding hydrogens is 479 g/mol. The average Bonchev–Trinajstić information content (AvgIpc) is 2.86. The van der Waals surface area contributed by atoms with Gasteiger partial charge in [0.05, 0.1) is 12.0 Å². The zero-order chi connectivity index (χ0) is 26.3. The maximum absolute atomic E-state index is 14.3. The lowest BCUT2D eigenvalue weighted by atomic mass is 9.77. The standard InChI is InChI=1S/C30H38F3NO3/c1-18(34-23-4-3-5-24(34)16-21(15-23)29(35)36)19-6-12-26-20(14-19)7-13-28(27(26)17-31)37-25-10-8-22(9-11-25)30(2,32)33/h6-7,12-14,18,21-25H,3-5,8-11,15-17H2,1-2H3,(H,35,36)/t18?,21?,22-,23?,24?,25+. The lowest BCUT2D eigenvalue weighted by Gasteiger charge is -2.51. The Morgan fingerprint density at radius 1 is 1.08 bits per heavy atom. The molecule has 3 atom stereocenters. The van der Waals surface area contributed by atoms with Gasteiger partial charge in [0, 0.05) is 29.6 Å². The molecule has 1 saturated carbocycles. The number of carboxylic acids is 1. The molecule has 0 amide bonds. The van der Waals surface area contributed by atoms with Gasteiger partial charge in [0.1, 0.15) is 12.4 Å². The van der Waals surface area contributed by atoms with E-state index in [4.69, 9.17) is 4.74 Å². The van der Waals surface area contributed by atoms with Crippen molar-refractivity contribution in [2.24, 2.45) is 11.8 Å². The molecule has 2 aromatic rings. The number of hydrogen-bond acceptors (Lipinski definition) is 3. The lowest BCUT2D eigenvalue weighted by Crippen LogP contribution is -2.53. The quantitative estimate of drug-likeness (QED) is 0.409. The van der Waals surface area contributed by atoms with Crippen molar-refractivity contribution >= 4 is 16.7 Å². The topological polar surface area (TPSA) is 49.8 Å². The molecule has 2 bridgehead atoms. The third-order valence-electron chi connectivity index (χ3n) is 9.24. The van der Waals surface area contributed by atoms with Crippen molar-refractivity contribution in [1.29, 1.82) is 0 Å². The molecule has 1 N–H and O–H groups in total. The van der Waals surface area contributed by atoms with Crippen LogP contribution < -0.4 is 4.74 Å². The number of aliphatic carboxylic acids is 1. The molecule has 4 nitrogen and oxygen atoms in total. The maximum atomic E-state index is 14.3. The third-order valence-corrected chi connectivity index (χ3v) is 9.24. The Morgan fingerprint density at radius 2 is 1.76 bits per heavy atom. The van der Waals surface area contributed by atoms with Gasteiger partial charge in [0.15, 0.2) is 0 Å². The number of fused-ring (bicyclic) bond motifs is 3. The smallest absolute Gasteiger partial charge is 0.306 e. The van der Waals surface area contributed by atoms with Crippen LogP contribution in [0.5, 0.6) is 5.75 Å². The van der Waals surface area contributed by atoms with E-state index < -0.39 is 24.5 Å². The predicted octanol–water partition coefficient (Wildman–Crippen LogP) is 7.68. The number of nitrogens with zero attached hydrogens (tertiary/aromatic N) is 1. The van der Waals surface area contributed by atoms with Gasteiger partial charge in [0.25, 0.3) is 0 Å². The molecule has 3 aliphatic rings. The second-order valence-electron chi connectivity index (χ2n) is 11.6. The first kappa shape index (κ1) is 26.3. The van der Waals surface area contributed by atoms with Crippen molar-refractivity contribution in [2.45, 2.75) is 108 Å². The zero-order valence-corrected chi connectivity index (χ0v) is 21.8. The van der Waals surface area contributed by atoms with Crippen molar-refractivity contribution in [3.63, 3.8) is 0 Å². The van der Waals surface area contributed by atoms with Crippen LogP contribution in [0.3, 0.4) is 0 Å². The molecule has 5 rings (SSSR count). The molecule has 3 unspecified atom stereocenters. The van der Waals surface area contributed by atoms with Crippen LogP contribution >= 0.6 is 0 Å². The van der Waals surface area contributed by atoms with E-state index in [0.29, 0.717) is 49.8 Å². The summed E-state index contributed by atoms with van der Waals surface area (Å²) >= 11 is 0. The van der Waals surface area contributed by atoms with Crippen molar-refractivity contribution in [1.82, 2.24) is 4.90 Å². The van der Waals surface area contributed by atoms with E-state index in [1.165, 1.54) is 0 Å². The van der Waals surface area contributed by atoms with Gasteiger partial charge in [-0.3, -0.25) is 9.69 Å². The summed E-state index contributed by atoms with van der Waals surface area (Å²) in [7, 11) is 0. The number of alkyl halides is 3. The number of rotatable bonds is 7. The lowest BCUT2D eigenvalue weighted by molar-refractivity contribution is -0.147. The number of piperidine rings is 2. The van der Waals surface area contributed by atoms with E-state index in [-0.39, 0.29) is 30.1 Å². The second-order valence-corrected chi connectivity index (χ2v) is 11.6. The number of ether oxygens (including phenoxy) is 1. The Labute approximate surface area is 217 Å². The fourth-order valence-corrected chi connectivity index (χ4v) is 7.19. The van der Waals surface area contributed by atoms with Crippen LogP contribution in [0.25, 0.3) is 10.8 Å². The summed E-state index contributed by atoms with van der Waals surface area (Å²) in [6.07, 6.45) is 6.37. The fraction of sp³-hybridized carbons (Fsp3) is 0.633. The van der Waals surface area contributed by atoms with Crippen molar-refractivity contribution < 1.29 is 27.8 Å². The van der Waals surface area contributed by atoms with Crippen LogP contribution in [-0.2, 0) is 11.5 Å². The minimum absolute atomic E-state index is 0.145. The average molecular weight is 518 g/mol. The van der Waals surface area contributed by atoms with Gasteiger partial charge >= 0.3 is 5.97 Å².